The van der Waals surface area contributed by atoms with Gasteiger partial charge in [-0.1, -0.05) is 6.07 Å². The van der Waals surface area contributed by atoms with E-state index in [0.29, 0.717) is 0 Å². The summed E-state index contributed by atoms with van der Waals surface area (Å²) in [6.45, 7) is 6.25. The summed E-state index contributed by atoms with van der Waals surface area (Å²) in [6, 6.07) is 4.01. The zero-order valence-electron chi connectivity index (χ0n) is 7.96. The number of nitrogens with two attached hydrogens (primary N) is 1. The number of aryl methyl sites for hydroxylation is 1. The van der Waals surface area contributed by atoms with Crippen molar-refractivity contribution in [1.29, 1.82) is 0 Å². The molecule has 2 N–H and O–H groups in total. The maximum Gasteiger partial charge on any atom is 0.0346 e. The van der Waals surface area contributed by atoms with Gasteiger partial charge in [-0.25, -0.2) is 0 Å². The molecule has 0 aromatic heterocycles. The molecule has 0 saturated heterocycles. The number of hydrogen-bond donors (Lipinski definition) is 1. The van der Waals surface area contributed by atoms with Crippen LogP contribution in [0.3, 0.4) is 0 Å². The molecule has 1 aromatic carbocycles. The van der Waals surface area contributed by atoms with E-state index in [1.165, 1.54) is 16.7 Å². The lowest BCUT2D eigenvalue weighted by molar-refractivity contribution is 1.27. The zero-order chi connectivity index (χ0) is 7.72. The Balaban J connectivity index is -0.000000333. The molecule has 1 rings (SSSR count). The van der Waals surface area contributed by atoms with E-state index >= 15 is 0 Å². The molecule has 0 heterocycles. The number of rotatable bonds is 0. The minimum absolute atomic E-state index is 0. The van der Waals surface area contributed by atoms with Gasteiger partial charge < -0.3 is 5.73 Å². The molecule has 0 aliphatic heterocycles. The second kappa shape index (κ2) is 7.83. The first-order chi connectivity index (χ1) is 4.63. The zero-order valence-corrected chi connectivity index (χ0v) is 13.1. The van der Waals surface area contributed by atoms with E-state index in [1.54, 1.807) is 0 Å². The van der Waals surface area contributed by atoms with Crippen LogP contribution in [-0.2, 0) is 0 Å². The van der Waals surface area contributed by atoms with E-state index in [0.717, 1.165) is 5.69 Å². The molecule has 0 bridgehead atoms. The van der Waals surface area contributed by atoms with Crippen LogP contribution in [0.4, 0.5) is 5.69 Å². The molecule has 1 nitrogen and oxygen atoms in total. The summed E-state index contributed by atoms with van der Waals surface area (Å²) in [7, 11) is 0. The summed E-state index contributed by atoms with van der Waals surface area (Å²) in [5.41, 5.74) is 10.4. The van der Waals surface area contributed by atoms with Crippen LogP contribution in [-0.4, -0.2) is 0 Å². The fourth-order valence-corrected chi connectivity index (χ4v) is 0.977. The maximum atomic E-state index is 5.69. The van der Waals surface area contributed by atoms with Crippen LogP contribution in [0.2, 0.25) is 0 Å². The van der Waals surface area contributed by atoms with Crippen molar-refractivity contribution in [2.45, 2.75) is 20.8 Å². The lowest BCUT2D eigenvalue weighted by Crippen LogP contribution is -1.93. The second-order valence-electron chi connectivity index (χ2n) is 2.72. The van der Waals surface area contributed by atoms with Crippen molar-refractivity contribution in [3.05, 3.63) is 28.8 Å². The highest BCUT2D eigenvalue weighted by Gasteiger charge is 1.98. The smallest absolute Gasteiger partial charge is 0.0346 e. The fourth-order valence-electron chi connectivity index (χ4n) is 0.977. The van der Waals surface area contributed by atoms with Gasteiger partial charge in [0.25, 0.3) is 0 Å². The van der Waals surface area contributed by atoms with E-state index in [9.17, 15) is 0 Å². The Labute approximate surface area is 111 Å². The van der Waals surface area contributed by atoms with Crippen molar-refractivity contribution < 1.29 is 0 Å². The van der Waals surface area contributed by atoms with Gasteiger partial charge in [-0.2, -0.15) is 0 Å². The SMILES string of the molecule is Br.Br.Br.Cc1ccc(N)c(C)c1C. The topological polar surface area (TPSA) is 26.0 Å². The molecule has 13 heavy (non-hydrogen) atoms. The lowest BCUT2D eigenvalue weighted by atomic mass is 10.0. The molecule has 78 valence electrons. The summed E-state index contributed by atoms with van der Waals surface area (Å²) in [5, 5.41) is 0. The molecule has 1 aromatic rings. The third-order valence-electron chi connectivity index (χ3n) is 2.10. The van der Waals surface area contributed by atoms with Crippen LogP contribution in [0.5, 0.6) is 0 Å². The van der Waals surface area contributed by atoms with Crippen molar-refractivity contribution in [3.63, 3.8) is 0 Å². The number of benzene rings is 1. The second-order valence-corrected chi connectivity index (χ2v) is 2.72. The van der Waals surface area contributed by atoms with Crippen LogP contribution >= 0.6 is 50.9 Å². The normalized spacial score (nSPS) is 7.62. The first-order valence-electron chi connectivity index (χ1n) is 3.45. The first kappa shape index (κ1) is 19.1. The largest absolute Gasteiger partial charge is 0.399 e. The first-order valence-corrected chi connectivity index (χ1v) is 3.45. The highest BCUT2D eigenvalue weighted by atomic mass is 79.9. The van der Waals surface area contributed by atoms with Crippen LogP contribution in [0, 0.1) is 20.8 Å². The number of hydrogen-bond acceptors (Lipinski definition) is 1. The monoisotopic (exact) mass is 375 g/mol. The Morgan fingerprint density at radius 2 is 1.31 bits per heavy atom. The summed E-state index contributed by atoms with van der Waals surface area (Å²) in [6.07, 6.45) is 0. The molecule has 0 radical (unpaired) electrons. The van der Waals surface area contributed by atoms with E-state index in [-0.39, 0.29) is 50.9 Å². The Bertz CT molecular complexity index is 234. The van der Waals surface area contributed by atoms with Gasteiger partial charge in [-0.3, -0.25) is 0 Å². The molecular formula is C9H16Br3N. The molecule has 4 heteroatoms. The summed E-state index contributed by atoms with van der Waals surface area (Å²) < 4.78 is 0. The van der Waals surface area contributed by atoms with E-state index in [4.69, 9.17) is 5.73 Å². The van der Waals surface area contributed by atoms with Gasteiger partial charge in [0.05, 0.1) is 0 Å². The van der Waals surface area contributed by atoms with Gasteiger partial charge in [0, 0.05) is 5.69 Å². The minimum Gasteiger partial charge on any atom is -0.399 e. The van der Waals surface area contributed by atoms with Crippen LogP contribution in [0.1, 0.15) is 16.7 Å². The molecule has 0 spiro atoms. The van der Waals surface area contributed by atoms with Crippen LogP contribution in [0.25, 0.3) is 0 Å². The average Bonchev–Trinajstić information content (AvgIpc) is 1.93. The summed E-state index contributed by atoms with van der Waals surface area (Å²) in [4.78, 5) is 0. The quantitative estimate of drug-likeness (QED) is 0.681. The summed E-state index contributed by atoms with van der Waals surface area (Å²) in [5.74, 6) is 0. The van der Waals surface area contributed by atoms with Crippen molar-refractivity contribution in [1.82, 2.24) is 0 Å². The van der Waals surface area contributed by atoms with Gasteiger partial charge in [-0.15, -0.1) is 50.9 Å². The van der Waals surface area contributed by atoms with Gasteiger partial charge in [-0.05, 0) is 43.5 Å². The van der Waals surface area contributed by atoms with Gasteiger partial charge in [0.15, 0.2) is 0 Å². The van der Waals surface area contributed by atoms with Crippen molar-refractivity contribution in [2.24, 2.45) is 0 Å². The Morgan fingerprint density at radius 1 is 0.846 bits per heavy atom. The predicted molar refractivity (Wildman–Crippen MR) is 76.0 cm³/mol. The van der Waals surface area contributed by atoms with Gasteiger partial charge in [0.1, 0.15) is 0 Å². The third-order valence-corrected chi connectivity index (χ3v) is 2.10. The highest BCUT2D eigenvalue weighted by Crippen LogP contribution is 2.17. The molecule has 0 fully saturated rings. The van der Waals surface area contributed by atoms with E-state index in [2.05, 4.69) is 26.8 Å². The van der Waals surface area contributed by atoms with Crippen molar-refractivity contribution in [3.8, 4) is 0 Å². The van der Waals surface area contributed by atoms with Crippen molar-refractivity contribution in [2.75, 3.05) is 5.73 Å². The van der Waals surface area contributed by atoms with Crippen LogP contribution in [0.15, 0.2) is 12.1 Å². The highest BCUT2D eigenvalue weighted by molar-refractivity contribution is 8.93. The molecule has 0 unspecified atom stereocenters. The number of halogens is 3. The molecule has 0 saturated carbocycles. The lowest BCUT2D eigenvalue weighted by Gasteiger charge is -2.05. The third kappa shape index (κ3) is 4.47. The Kier molecular flexibility index (Phi) is 11.5. The number of anilines is 1. The average molecular weight is 378 g/mol. The Hall–Kier alpha value is 0.460. The Morgan fingerprint density at radius 3 is 1.69 bits per heavy atom. The fraction of sp³-hybridized carbons (Fsp3) is 0.333. The minimum atomic E-state index is 0. The molecule has 0 aliphatic carbocycles. The molecule has 0 aliphatic rings. The van der Waals surface area contributed by atoms with E-state index in [1.807, 2.05) is 6.07 Å². The standard InChI is InChI=1S/C9H13N.3BrH/c1-6-4-5-9(10)8(3)7(6)2;;;/h4-5H,10H2,1-3H3;3*1H. The summed E-state index contributed by atoms with van der Waals surface area (Å²) >= 11 is 0. The van der Waals surface area contributed by atoms with Crippen LogP contribution < -0.4 is 5.73 Å². The van der Waals surface area contributed by atoms with Crippen molar-refractivity contribution >= 4 is 56.6 Å². The molecule has 0 amide bonds. The van der Waals surface area contributed by atoms with Gasteiger partial charge >= 0.3 is 0 Å². The maximum absolute atomic E-state index is 5.69. The molecule has 0 atom stereocenters. The number of nitrogen functional groups attached to an aromatic ring is 1. The van der Waals surface area contributed by atoms with E-state index < -0.39 is 0 Å². The predicted octanol–water partition coefficient (Wildman–Crippen LogP) is 3.93. The molecular weight excluding hydrogens is 362 g/mol. The van der Waals surface area contributed by atoms with Gasteiger partial charge in [0.2, 0.25) is 0 Å².